The Hall–Kier alpha value is -1.25. The fourth-order valence-electron chi connectivity index (χ4n) is 2.67. The molecule has 0 bridgehead atoms. The molecule has 0 radical (unpaired) electrons. The van der Waals surface area contributed by atoms with Crippen molar-refractivity contribution in [2.24, 2.45) is 5.16 Å². The molecule has 0 saturated carbocycles. The smallest absolute Gasteiger partial charge is 0.374 e. The van der Waals surface area contributed by atoms with Gasteiger partial charge < -0.3 is 11.0 Å². The highest BCUT2D eigenvalue weighted by atomic mass is 35.5. The van der Waals surface area contributed by atoms with Gasteiger partial charge in [0.15, 0.2) is 0 Å². The first-order valence-corrected chi connectivity index (χ1v) is 8.42. The van der Waals surface area contributed by atoms with Gasteiger partial charge in [-0.15, -0.1) is 12.4 Å². The number of rotatable bonds is 2. The van der Waals surface area contributed by atoms with Crippen LogP contribution in [-0.4, -0.2) is 11.9 Å². The molecule has 2 aromatic rings. The zero-order valence-corrected chi connectivity index (χ0v) is 17.3. The number of alkyl halides is 3. The third kappa shape index (κ3) is 4.19. The molecule has 11 heteroatoms. The first kappa shape index (κ1) is 24.8. The Morgan fingerprint density at radius 3 is 2.14 bits per heavy atom. The number of benzene rings is 2. The van der Waals surface area contributed by atoms with Crippen molar-refractivity contribution < 1.29 is 22.4 Å². The summed E-state index contributed by atoms with van der Waals surface area (Å²) in [6, 6.07) is 6.02. The maximum absolute atomic E-state index is 13.9. The van der Waals surface area contributed by atoms with E-state index in [0.717, 1.165) is 18.2 Å². The Morgan fingerprint density at radius 2 is 1.64 bits per heavy atom. The molecule has 1 aliphatic heterocycles. The molecule has 1 aliphatic rings. The molecule has 3 rings (SSSR count). The lowest BCUT2D eigenvalue weighted by Crippen LogP contribution is -2.42. The van der Waals surface area contributed by atoms with Crippen molar-refractivity contribution in [3.8, 4) is 0 Å². The van der Waals surface area contributed by atoms with E-state index in [1.54, 1.807) is 0 Å². The Labute approximate surface area is 179 Å². The Kier molecular flexibility index (Phi) is 7.64. The van der Waals surface area contributed by atoms with Gasteiger partial charge in [-0.3, -0.25) is 0 Å². The van der Waals surface area contributed by atoms with Crippen LogP contribution in [0.2, 0.25) is 15.1 Å². The molecule has 3 nitrogen and oxygen atoms in total. The van der Waals surface area contributed by atoms with Gasteiger partial charge in [-0.25, -0.2) is 4.39 Å². The first-order valence-electron chi connectivity index (χ1n) is 7.28. The van der Waals surface area contributed by atoms with E-state index >= 15 is 0 Å². The third-order valence-corrected chi connectivity index (χ3v) is 5.32. The van der Waals surface area contributed by atoms with Crippen LogP contribution in [0.15, 0.2) is 35.5 Å². The van der Waals surface area contributed by atoms with Crippen LogP contribution in [0, 0.1) is 12.7 Å². The van der Waals surface area contributed by atoms with Gasteiger partial charge in [0.25, 0.3) is 5.60 Å². The van der Waals surface area contributed by atoms with Gasteiger partial charge in [-0.05, 0) is 42.3 Å². The molecular formula is C17H14Cl4F4N2O. The number of aryl methyl sites for hydroxylation is 1. The van der Waals surface area contributed by atoms with Crippen LogP contribution in [0.4, 0.5) is 17.6 Å². The van der Waals surface area contributed by atoms with E-state index in [1.807, 2.05) is 0 Å². The van der Waals surface area contributed by atoms with Crippen LogP contribution >= 0.6 is 47.2 Å². The van der Waals surface area contributed by atoms with Crippen molar-refractivity contribution in [2.45, 2.75) is 25.1 Å². The number of oxime groups is 1. The van der Waals surface area contributed by atoms with Gasteiger partial charge in [0.05, 0.1) is 20.8 Å². The first-order chi connectivity index (χ1) is 12.0. The highest BCUT2D eigenvalue weighted by molar-refractivity contribution is 6.48. The van der Waals surface area contributed by atoms with Crippen LogP contribution in [0.1, 0.15) is 23.1 Å². The van der Waals surface area contributed by atoms with Gasteiger partial charge in [-0.2, -0.15) is 13.2 Å². The fourth-order valence-corrected chi connectivity index (χ4v) is 3.27. The van der Waals surface area contributed by atoms with Crippen LogP contribution < -0.4 is 6.15 Å². The van der Waals surface area contributed by atoms with Gasteiger partial charge in [0, 0.05) is 12.0 Å². The van der Waals surface area contributed by atoms with E-state index in [0.29, 0.717) is 5.56 Å². The standard InChI is InChI=1S/C17H10Cl3F4NO.ClH.H3N/c1-8-4-9(2-3-13(8)21)14-7-16(26-25-14,17(22,23)24)10-5-11(18)15(20)12(19)6-10;;/h2-6H,7H2,1H3;1H;1H3. The van der Waals surface area contributed by atoms with Crippen LogP contribution in [-0.2, 0) is 10.4 Å². The molecule has 0 saturated heterocycles. The Bertz CT molecular complexity index is 898. The van der Waals surface area contributed by atoms with Crippen molar-refractivity contribution in [1.82, 2.24) is 6.15 Å². The summed E-state index contributed by atoms with van der Waals surface area (Å²) in [6.45, 7) is 1.50. The summed E-state index contributed by atoms with van der Waals surface area (Å²) in [6.07, 6.45) is -5.43. The number of nitrogens with zero attached hydrogens (tertiary/aromatic N) is 1. The molecule has 1 unspecified atom stereocenters. The predicted octanol–water partition coefficient (Wildman–Crippen LogP) is 7.26. The van der Waals surface area contributed by atoms with Crippen molar-refractivity contribution in [2.75, 3.05) is 0 Å². The Balaban J connectivity index is 0.00000196. The molecule has 1 atom stereocenters. The molecule has 0 amide bonds. The van der Waals surface area contributed by atoms with E-state index in [2.05, 4.69) is 5.16 Å². The summed E-state index contributed by atoms with van der Waals surface area (Å²) in [5, 5.41) is 3.29. The quantitative estimate of drug-likeness (QED) is 0.364. The van der Waals surface area contributed by atoms with Gasteiger partial charge in [0.2, 0.25) is 0 Å². The second-order valence-electron chi connectivity index (χ2n) is 5.85. The lowest BCUT2D eigenvalue weighted by atomic mass is 9.86. The van der Waals surface area contributed by atoms with Gasteiger partial charge >= 0.3 is 6.18 Å². The van der Waals surface area contributed by atoms with Gasteiger partial charge in [0.1, 0.15) is 5.82 Å². The minimum Gasteiger partial charge on any atom is -0.374 e. The molecule has 3 N–H and O–H groups in total. The second kappa shape index (κ2) is 8.63. The van der Waals surface area contributed by atoms with Crippen molar-refractivity contribution in [3.63, 3.8) is 0 Å². The maximum Gasteiger partial charge on any atom is 0.435 e. The van der Waals surface area contributed by atoms with Crippen LogP contribution in [0.5, 0.6) is 0 Å². The largest absolute Gasteiger partial charge is 0.435 e. The van der Waals surface area contributed by atoms with Crippen molar-refractivity contribution in [3.05, 3.63) is 67.9 Å². The van der Waals surface area contributed by atoms with E-state index in [1.165, 1.54) is 19.1 Å². The minimum absolute atomic E-state index is 0. The average Bonchev–Trinajstić information content (AvgIpc) is 3.01. The van der Waals surface area contributed by atoms with E-state index < -0.39 is 24.0 Å². The summed E-state index contributed by atoms with van der Waals surface area (Å²) in [5.41, 5.74) is -2.43. The summed E-state index contributed by atoms with van der Waals surface area (Å²) < 4.78 is 55.2. The molecule has 0 spiro atoms. The summed E-state index contributed by atoms with van der Waals surface area (Å²) >= 11 is 17.6. The summed E-state index contributed by atoms with van der Waals surface area (Å²) in [7, 11) is 0. The maximum atomic E-state index is 13.9. The molecule has 28 heavy (non-hydrogen) atoms. The monoisotopic (exact) mass is 478 g/mol. The highest BCUT2D eigenvalue weighted by Gasteiger charge is 2.62. The molecule has 0 aliphatic carbocycles. The molecule has 2 aromatic carbocycles. The van der Waals surface area contributed by atoms with E-state index in [-0.39, 0.29) is 50.5 Å². The fraction of sp³-hybridized carbons (Fsp3) is 0.235. The minimum atomic E-state index is -4.81. The number of hydrogen-bond acceptors (Lipinski definition) is 3. The normalized spacial score (nSPS) is 18.6. The topological polar surface area (TPSA) is 56.6 Å². The number of halogens is 8. The highest BCUT2D eigenvalue weighted by Crippen LogP contribution is 2.50. The van der Waals surface area contributed by atoms with Crippen molar-refractivity contribution in [1.29, 1.82) is 0 Å². The van der Waals surface area contributed by atoms with Gasteiger partial charge in [-0.1, -0.05) is 46.0 Å². The summed E-state index contributed by atoms with van der Waals surface area (Å²) in [4.78, 5) is 4.89. The Morgan fingerprint density at radius 1 is 1.07 bits per heavy atom. The zero-order valence-electron chi connectivity index (χ0n) is 14.2. The predicted molar refractivity (Wildman–Crippen MR) is 105 cm³/mol. The molecular weight excluding hydrogens is 466 g/mol. The van der Waals surface area contributed by atoms with Crippen molar-refractivity contribution >= 4 is 52.9 Å². The summed E-state index contributed by atoms with van der Waals surface area (Å²) in [5.74, 6) is -0.466. The van der Waals surface area contributed by atoms with E-state index in [4.69, 9.17) is 39.6 Å². The third-order valence-electron chi connectivity index (χ3n) is 4.13. The second-order valence-corrected chi connectivity index (χ2v) is 7.04. The lowest BCUT2D eigenvalue weighted by Gasteiger charge is -2.30. The SMILES string of the molecule is Cc1cc(C2=NOC(c3cc(Cl)c(Cl)c(Cl)c3)(C(F)(F)F)C2)ccc1F.Cl.N. The molecule has 0 fully saturated rings. The molecule has 154 valence electrons. The van der Waals surface area contributed by atoms with E-state index in [9.17, 15) is 17.6 Å². The van der Waals surface area contributed by atoms with Crippen LogP contribution in [0.3, 0.4) is 0 Å². The average molecular weight is 480 g/mol. The lowest BCUT2D eigenvalue weighted by molar-refractivity contribution is -0.275. The number of hydrogen-bond donors (Lipinski definition) is 1. The molecule has 1 heterocycles. The molecule has 0 aromatic heterocycles. The zero-order chi connectivity index (χ0) is 19.3. The van der Waals surface area contributed by atoms with Crippen LogP contribution in [0.25, 0.3) is 0 Å².